The second-order valence-corrected chi connectivity index (χ2v) is 14.2. The molecule has 0 radical (unpaired) electrons. The summed E-state index contributed by atoms with van der Waals surface area (Å²) in [6, 6.07) is 62.5. The zero-order chi connectivity index (χ0) is 35.3. The molecule has 9 aromatic rings. The van der Waals surface area contributed by atoms with Gasteiger partial charge in [-0.05, 0) is 85.8 Å². The summed E-state index contributed by atoms with van der Waals surface area (Å²) in [4.78, 5) is 5.34. The van der Waals surface area contributed by atoms with Crippen LogP contribution >= 0.6 is 0 Å². The lowest BCUT2D eigenvalue weighted by Crippen LogP contribution is -2.57. The zero-order valence-electron chi connectivity index (χ0n) is 29.0. The quantitative estimate of drug-likeness (QED) is 0.170. The van der Waals surface area contributed by atoms with Crippen molar-refractivity contribution in [3.05, 3.63) is 176 Å². The van der Waals surface area contributed by atoms with Gasteiger partial charge in [-0.2, -0.15) is 0 Å². The molecule has 12 rings (SSSR count). The summed E-state index contributed by atoms with van der Waals surface area (Å²) < 4.78 is 15.7. The van der Waals surface area contributed by atoms with Crippen molar-refractivity contribution in [3.63, 3.8) is 0 Å². The molecule has 0 atom stereocenters. The largest absolute Gasteiger partial charge is 0.458 e. The van der Waals surface area contributed by atoms with E-state index in [9.17, 15) is 0 Å². The SMILES string of the molecule is c1ccc2c(c1)Oc1cc(-n3c(-c4ccc5c(c4)-c4ccccc4-c4ccccc4-c4ccccc4-5)nc4ccccc43)cc3c1B2c1ccccc1O3. The van der Waals surface area contributed by atoms with Crippen molar-refractivity contribution >= 4 is 34.1 Å². The molecule has 3 aliphatic rings. The van der Waals surface area contributed by atoms with Gasteiger partial charge in [-0.25, -0.2) is 4.98 Å². The predicted octanol–water partition coefficient (Wildman–Crippen LogP) is 10.4. The van der Waals surface area contributed by atoms with Gasteiger partial charge in [-0.3, -0.25) is 4.57 Å². The molecule has 0 spiro atoms. The fourth-order valence-corrected chi connectivity index (χ4v) is 8.99. The summed E-state index contributed by atoms with van der Waals surface area (Å²) in [5, 5.41) is 0. The lowest BCUT2D eigenvalue weighted by molar-refractivity contribution is 0.464. The van der Waals surface area contributed by atoms with Crippen LogP contribution in [0.1, 0.15) is 0 Å². The van der Waals surface area contributed by atoms with Crippen LogP contribution in [0, 0.1) is 0 Å². The molecule has 3 heterocycles. The van der Waals surface area contributed by atoms with Crippen LogP contribution in [-0.2, 0) is 0 Å². The Balaban J connectivity index is 1.10. The van der Waals surface area contributed by atoms with E-state index in [-0.39, 0.29) is 6.71 Å². The number of benzene rings is 8. The van der Waals surface area contributed by atoms with Crippen molar-refractivity contribution in [2.24, 2.45) is 0 Å². The topological polar surface area (TPSA) is 36.3 Å². The Kier molecular flexibility index (Phi) is 6.11. The van der Waals surface area contributed by atoms with Gasteiger partial charge in [0.05, 0.1) is 16.7 Å². The molecule has 0 fully saturated rings. The fraction of sp³-hybridized carbons (Fsp3) is 0. The Bertz CT molecular complexity index is 2960. The van der Waals surface area contributed by atoms with E-state index in [1.54, 1.807) is 0 Å². The Hall–Kier alpha value is -7.11. The van der Waals surface area contributed by atoms with E-state index in [4.69, 9.17) is 14.5 Å². The van der Waals surface area contributed by atoms with Gasteiger partial charge in [0.2, 0.25) is 0 Å². The lowest BCUT2D eigenvalue weighted by Gasteiger charge is -2.33. The van der Waals surface area contributed by atoms with Crippen LogP contribution < -0.4 is 25.9 Å². The van der Waals surface area contributed by atoms with Crippen LogP contribution in [0.4, 0.5) is 0 Å². The number of rotatable bonds is 2. The first-order valence-electron chi connectivity index (χ1n) is 18.4. The molecule has 250 valence electrons. The van der Waals surface area contributed by atoms with Crippen LogP contribution in [0.3, 0.4) is 0 Å². The smallest absolute Gasteiger partial charge is 0.260 e. The van der Waals surface area contributed by atoms with Gasteiger partial charge in [0.15, 0.2) is 0 Å². The normalized spacial score (nSPS) is 12.7. The molecule has 2 aliphatic heterocycles. The number of para-hydroxylation sites is 4. The third kappa shape index (κ3) is 4.18. The summed E-state index contributed by atoms with van der Waals surface area (Å²) >= 11 is 0. The molecule has 0 saturated carbocycles. The Morgan fingerprint density at radius 3 is 1.44 bits per heavy atom. The highest BCUT2D eigenvalue weighted by Gasteiger charge is 2.40. The minimum atomic E-state index is 0.0136. The molecule has 1 aromatic heterocycles. The number of imidazole rings is 1. The standard InChI is InChI=1S/C49H29BN2O2/c1-2-14-33-32(13-1)34-15-3-4-17-36(34)38-26-25-30(27-39(38)37-18-6-5-16-35(33)37)49-51-42-21-9-10-22-43(42)52(49)31-28-46-48-47(29-31)54-45-24-12-8-20-41(45)50(48)40-19-7-11-23-44(40)53-46/h1-29H. The molecule has 0 unspecified atom stereocenters. The second kappa shape index (κ2) is 11.2. The van der Waals surface area contributed by atoms with Crippen LogP contribution in [0.2, 0.25) is 0 Å². The van der Waals surface area contributed by atoms with Gasteiger partial charge >= 0.3 is 0 Å². The number of nitrogens with zero attached hydrogens (tertiary/aromatic N) is 2. The number of aromatic nitrogens is 2. The number of fused-ring (bicyclic) bond motifs is 13. The summed E-state index contributed by atoms with van der Waals surface area (Å²) in [5.41, 5.74) is 16.9. The van der Waals surface area contributed by atoms with E-state index in [1.807, 2.05) is 12.1 Å². The van der Waals surface area contributed by atoms with Gasteiger partial charge in [0.25, 0.3) is 6.71 Å². The number of hydrogen-bond donors (Lipinski definition) is 0. The van der Waals surface area contributed by atoms with Gasteiger partial charge in [0.1, 0.15) is 28.8 Å². The highest BCUT2D eigenvalue weighted by atomic mass is 16.5. The zero-order valence-corrected chi connectivity index (χ0v) is 29.0. The predicted molar refractivity (Wildman–Crippen MR) is 219 cm³/mol. The molecule has 54 heavy (non-hydrogen) atoms. The number of hydrogen-bond acceptors (Lipinski definition) is 3. The Morgan fingerprint density at radius 2 is 0.870 bits per heavy atom. The van der Waals surface area contributed by atoms with E-state index in [1.165, 1.54) is 44.5 Å². The lowest BCUT2D eigenvalue weighted by atomic mass is 9.35. The first-order valence-corrected chi connectivity index (χ1v) is 18.4. The maximum absolute atomic E-state index is 6.72. The van der Waals surface area contributed by atoms with Crippen molar-refractivity contribution < 1.29 is 9.47 Å². The monoisotopic (exact) mass is 688 g/mol. The van der Waals surface area contributed by atoms with Crippen LogP contribution in [-0.4, -0.2) is 16.3 Å². The average molecular weight is 689 g/mol. The fourth-order valence-electron chi connectivity index (χ4n) is 8.99. The van der Waals surface area contributed by atoms with Crippen molar-refractivity contribution in [2.75, 3.05) is 0 Å². The highest BCUT2D eigenvalue weighted by molar-refractivity contribution is 6.98. The minimum Gasteiger partial charge on any atom is -0.458 e. The maximum Gasteiger partial charge on any atom is 0.260 e. The molecule has 0 bridgehead atoms. The van der Waals surface area contributed by atoms with Crippen LogP contribution in [0.25, 0.3) is 72.6 Å². The van der Waals surface area contributed by atoms with Gasteiger partial charge in [-0.1, -0.05) is 133 Å². The van der Waals surface area contributed by atoms with E-state index in [0.29, 0.717) is 0 Å². The summed E-state index contributed by atoms with van der Waals surface area (Å²) in [7, 11) is 0. The molecular formula is C49H29BN2O2. The maximum atomic E-state index is 6.72. The number of ether oxygens (including phenoxy) is 2. The summed E-state index contributed by atoms with van der Waals surface area (Å²) in [5.74, 6) is 4.18. The van der Waals surface area contributed by atoms with Crippen molar-refractivity contribution in [1.82, 2.24) is 9.55 Å². The summed E-state index contributed by atoms with van der Waals surface area (Å²) in [6.07, 6.45) is 0. The van der Waals surface area contributed by atoms with Crippen LogP contribution in [0.15, 0.2) is 176 Å². The van der Waals surface area contributed by atoms with E-state index < -0.39 is 0 Å². The molecule has 4 nitrogen and oxygen atoms in total. The van der Waals surface area contributed by atoms with Crippen molar-refractivity contribution in [1.29, 1.82) is 0 Å². The first-order chi connectivity index (χ1) is 26.8. The highest BCUT2D eigenvalue weighted by Crippen LogP contribution is 2.49. The van der Waals surface area contributed by atoms with Crippen LogP contribution in [0.5, 0.6) is 23.0 Å². The minimum absolute atomic E-state index is 0.0136. The first kappa shape index (κ1) is 29.5. The third-order valence-corrected chi connectivity index (χ3v) is 11.3. The molecule has 8 aromatic carbocycles. The third-order valence-electron chi connectivity index (χ3n) is 11.3. The molecular weight excluding hydrogens is 659 g/mol. The summed E-state index contributed by atoms with van der Waals surface area (Å²) in [6.45, 7) is 0.0136. The molecule has 1 aliphatic carbocycles. The van der Waals surface area contributed by atoms with E-state index in [2.05, 4.69) is 168 Å². The second-order valence-electron chi connectivity index (χ2n) is 14.2. The molecule has 0 N–H and O–H groups in total. The van der Waals surface area contributed by atoms with Gasteiger partial charge in [0, 0.05) is 23.2 Å². The van der Waals surface area contributed by atoms with Crippen molar-refractivity contribution in [2.45, 2.75) is 0 Å². The molecule has 0 saturated heterocycles. The molecule has 0 amide bonds. The molecule has 5 heteroatoms. The average Bonchev–Trinajstić information content (AvgIpc) is 3.62. The van der Waals surface area contributed by atoms with Crippen molar-refractivity contribution in [3.8, 4) is 84.6 Å². The van der Waals surface area contributed by atoms with Gasteiger partial charge < -0.3 is 9.47 Å². The van der Waals surface area contributed by atoms with Gasteiger partial charge in [-0.15, -0.1) is 0 Å². The van der Waals surface area contributed by atoms with E-state index >= 15 is 0 Å². The Morgan fingerprint density at radius 1 is 0.407 bits per heavy atom. The Labute approximate surface area is 312 Å². The van der Waals surface area contributed by atoms with E-state index in [0.717, 1.165) is 67.5 Å².